The Balaban J connectivity index is 1.71. The van der Waals surface area contributed by atoms with E-state index < -0.39 is 0 Å². The quantitative estimate of drug-likeness (QED) is 0.904. The Morgan fingerprint density at radius 2 is 2.19 bits per heavy atom. The van der Waals surface area contributed by atoms with Crippen molar-refractivity contribution in [3.8, 4) is 5.75 Å². The van der Waals surface area contributed by atoms with Crippen molar-refractivity contribution >= 4 is 0 Å². The van der Waals surface area contributed by atoms with Crippen molar-refractivity contribution in [3.05, 3.63) is 41.5 Å². The molecule has 6 heteroatoms. The molecule has 1 aromatic carbocycles. The van der Waals surface area contributed by atoms with Gasteiger partial charge in [-0.25, -0.2) is 0 Å². The van der Waals surface area contributed by atoms with Gasteiger partial charge in [-0.05, 0) is 12.5 Å². The third-order valence-electron chi connectivity index (χ3n) is 3.75. The van der Waals surface area contributed by atoms with E-state index in [1.54, 1.807) is 14.2 Å². The number of methoxy groups -OCH3 is 2. The van der Waals surface area contributed by atoms with Crippen molar-refractivity contribution in [2.24, 2.45) is 0 Å². The highest BCUT2D eigenvalue weighted by Gasteiger charge is 2.29. The molecule has 0 bridgehead atoms. The maximum absolute atomic E-state index is 5.37. The predicted molar refractivity (Wildman–Crippen MR) is 76.3 cm³/mol. The van der Waals surface area contributed by atoms with Gasteiger partial charge in [0.05, 0.1) is 19.3 Å². The largest absolute Gasteiger partial charge is 0.496 e. The lowest BCUT2D eigenvalue weighted by molar-refractivity contribution is 0.116. The van der Waals surface area contributed by atoms with E-state index in [1.165, 1.54) is 0 Å². The Bertz CT molecular complexity index is 599. The van der Waals surface area contributed by atoms with Crippen LogP contribution in [0.25, 0.3) is 0 Å². The number of ether oxygens (including phenoxy) is 2. The molecule has 1 fully saturated rings. The molecular formula is C15H19N3O3. The molecule has 0 unspecified atom stereocenters. The molecule has 0 amide bonds. The molecule has 2 aromatic rings. The van der Waals surface area contributed by atoms with Crippen molar-refractivity contribution in [2.45, 2.75) is 25.0 Å². The van der Waals surface area contributed by atoms with E-state index in [-0.39, 0.29) is 12.1 Å². The second-order valence-electron chi connectivity index (χ2n) is 5.09. The topological polar surface area (TPSA) is 69.4 Å². The Kier molecular flexibility index (Phi) is 4.17. The van der Waals surface area contributed by atoms with Gasteiger partial charge in [0.1, 0.15) is 5.75 Å². The van der Waals surface area contributed by atoms with Crippen LogP contribution < -0.4 is 10.1 Å². The van der Waals surface area contributed by atoms with Crippen LogP contribution >= 0.6 is 0 Å². The lowest BCUT2D eigenvalue weighted by Crippen LogP contribution is -2.16. The molecule has 21 heavy (non-hydrogen) atoms. The summed E-state index contributed by atoms with van der Waals surface area (Å²) < 4.78 is 16.0. The first-order chi connectivity index (χ1) is 10.3. The third kappa shape index (κ3) is 3.06. The first kappa shape index (κ1) is 14.0. The van der Waals surface area contributed by atoms with E-state index >= 15 is 0 Å². The lowest BCUT2D eigenvalue weighted by Gasteiger charge is -2.05. The van der Waals surface area contributed by atoms with Gasteiger partial charge in [0, 0.05) is 25.6 Å². The fraction of sp³-hybridized carbons (Fsp3) is 0.467. The monoisotopic (exact) mass is 289 g/mol. The van der Waals surface area contributed by atoms with Crippen LogP contribution in [0.2, 0.25) is 0 Å². The Labute approximate surface area is 123 Å². The van der Waals surface area contributed by atoms with E-state index in [9.17, 15) is 0 Å². The maximum Gasteiger partial charge on any atom is 0.243 e. The molecule has 1 aliphatic heterocycles. The minimum absolute atomic E-state index is 0.0777. The van der Waals surface area contributed by atoms with Crippen LogP contribution in [-0.2, 0) is 11.2 Å². The van der Waals surface area contributed by atoms with Crippen molar-refractivity contribution in [1.82, 2.24) is 15.5 Å². The van der Waals surface area contributed by atoms with Crippen LogP contribution in [0.1, 0.15) is 29.7 Å². The smallest absolute Gasteiger partial charge is 0.243 e. The van der Waals surface area contributed by atoms with Crippen LogP contribution in [0.15, 0.2) is 28.8 Å². The minimum atomic E-state index is 0.0777. The minimum Gasteiger partial charge on any atom is -0.496 e. The van der Waals surface area contributed by atoms with E-state index in [0.29, 0.717) is 18.1 Å². The molecule has 0 radical (unpaired) electrons. The maximum atomic E-state index is 5.37. The standard InChI is InChI=1S/C15H19N3O3/c1-19-11-8-12(16-9-11)15-17-14(18-21-15)7-10-5-3-4-6-13(10)20-2/h3-6,11-12,16H,7-9H2,1-2H3/t11-,12+/m0/s1. The fourth-order valence-electron chi connectivity index (χ4n) is 2.57. The number of para-hydroxylation sites is 1. The van der Waals surface area contributed by atoms with Gasteiger partial charge in [-0.1, -0.05) is 23.4 Å². The van der Waals surface area contributed by atoms with Gasteiger partial charge < -0.3 is 19.3 Å². The van der Waals surface area contributed by atoms with E-state index in [1.807, 2.05) is 24.3 Å². The molecule has 3 rings (SSSR count). The Morgan fingerprint density at radius 1 is 1.33 bits per heavy atom. The van der Waals surface area contributed by atoms with Crippen molar-refractivity contribution < 1.29 is 14.0 Å². The number of benzene rings is 1. The van der Waals surface area contributed by atoms with E-state index in [4.69, 9.17) is 14.0 Å². The number of hydrogen-bond acceptors (Lipinski definition) is 6. The van der Waals surface area contributed by atoms with E-state index in [0.717, 1.165) is 24.3 Å². The summed E-state index contributed by atoms with van der Waals surface area (Å²) in [6.45, 7) is 0.811. The second kappa shape index (κ2) is 6.24. The molecule has 0 saturated carbocycles. The zero-order chi connectivity index (χ0) is 14.7. The highest BCUT2D eigenvalue weighted by Crippen LogP contribution is 2.25. The molecule has 112 valence electrons. The number of hydrogen-bond donors (Lipinski definition) is 1. The summed E-state index contributed by atoms with van der Waals surface area (Å²) in [6.07, 6.45) is 1.65. The molecule has 1 saturated heterocycles. The predicted octanol–water partition coefficient (Wildman–Crippen LogP) is 1.72. The summed E-state index contributed by atoms with van der Waals surface area (Å²) in [5.41, 5.74) is 1.04. The van der Waals surface area contributed by atoms with Crippen LogP contribution in [0, 0.1) is 0 Å². The average molecular weight is 289 g/mol. The highest BCUT2D eigenvalue weighted by atomic mass is 16.5. The van der Waals surface area contributed by atoms with Crippen molar-refractivity contribution in [2.75, 3.05) is 20.8 Å². The van der Waals surface area contributed by atoms with Crippen molar-refractivity contribution in [1.29, 1.82) is 0 Å². The highest BCUT2D eigenvalue weighted by molar-refractivity contribution is 5.35. The average Bonchev–Trinajstić information content (AvgIpc) is 3.16. The van der Waals surface area contributed by atoms with Gasteiger partial charge >= 0.3 is 0 Å². The molecular weight excluding hydrogens is 270 g/mol. The van der Waals surface area contributed by atoms with Gasteiger partial charge in [-0.2, -0.15) is 4.98 Å². The van der Waals surface area contributed by atoms with Gasteiger partial charge in [0.15, 0.2) is 5.82 Å². The van der Waals surface area contributed by atoms with Gasteiger partial charge in [-0.3, -0.25) is 0 Å². The van der Waals surface area contributed by atoms with Crippen LogP contribution in [0.3, 0.4) is 0 Å². The normalized spacial score (nSPS) is 21.6. The molecule has 0 aliphatic carbocycles. The summed E-state index contributed by atoms with van der Waals surface area (Å²) in [4.78, 5) is 4.48. The summed E-state index contributed by atoms with van der Waals surface area (Å²) in [5.74, 6) is 2.12. The number of nitrogens with one attached hydrogen (secondary N) is 1. The molecule has 0 spiro atoms. The summed E-state index contributed by atoms with van der Waals surface area (Å²) >= 11 is 0. The van der Waals surface area contributed by atoms with Gasteiger partial charge in [-0.15, -0.1) is 0 Å². The summed E-state index contributed by atoms with van der Waals surface area (Å²) in [7, 11) is 3.38. The van der Waals surface area contributed by atoms with Crippen LogP contribution in [0.5, 0.6) is 5.75 Å². The molecule has 1 aliphatic rings. The van der Waals surface area contributed by atoms with Crippen LogP contribution in [-0.4, -0.2) is 37.0 Å². The molecule has 2 atom stereocenters. The molecule has 6 nitrogen and oxygen atoms in total. The van der Waals surface area contributed by atoms with Crippen LogP contribution in [0.4, 0.5) is 0 Å². The summed E-state index contributed by atoms with van der Waals surface area (Å²) in [6, 6.07) is 7.92. The number of nitrogens with zero attached hydrogens (tertiary/aromatic N) is 2. The first-order valence-electron chi connectivity index (χ1n) is 7.00. The van der Waals surface area contributed by atoms with Gasteiger partial charge in [0.2, 0.25) is 5.89 Å². The molecule has 1 aromatic heterocycles. The summed E-state index contributed by atoms with van der Waals surface area (Å²) in [5, 5.41) is 7.39. The second-order valence-corrected chi connectivity index (χ2v) is 5.09. The third-order valence-corrected chi connectivity index (χ3v) is 3.75. The van der Waals surface area contributed by atoms with Gasteiger partial charge in [0.25, 0.3) is 0 Å². The molecule has 2 heterocycles. The first-order valence-corrected chi connectivity index (χ1v) is 7.00. The number of aromatic nitrogens is 2. The lowest BCUT2D eigenvalue weighted by atomic mass is 10.1. The van der Waals surface area contributed by atoms with E-state index in [2.05, 4.69) is 15.5 Å². The zero-order valence-electron chi connectivity index (χ0n) is 12.2. The van der Waals surface area contributed by atoms with Crippen molar-refractivity contribution in [3.63, 3.8) is 0 Å². The SMILES string of the molecule is COc1ccccc1Cc1noc([C@H]2C[C@H](OC)CN2)n1. The zero-order valence-corrected chi connectivity index (χ0v) is 12.2. The fourth-order valence-corrected chi connectivity index (χ4v) is 2.57. The number of rotatable bonds is 5. The Morgan fingerprint density at radius 3 is 2.95 bits per heavy atom. The Hall–Kier alpha value is -1.92. The molecule has 1 N–H and O–H groups in total.